The second kappa shape index (κ2) is 5.81. The normalized spacial score (nSPS) is 9.62. The maximum absolute atomic E-state index is 11.5. The Morgan fingerprint density at radius 3 is 2.88 bits per heavy atom. The van der Waals surface area contributed by atoms with Crippen molar-refractivity contribution in [1.82, 2.24) is 0 Å². The van der Waals surface area contributed by atoms with Gasteiger partial charge in [-0.25, -0.2) is 0 Å². The summed E-state index contributed by atoms with van der Waals surface area (Å²) in [6.45, 7) is 0. The molecule has 6 heteroatoms. The molecule has 0 fully saturated rings. The van der Waals surface area contributed by atoms with Gasteiger partial charge in [0.05, 0.1) is 24.2 Å². The second-order valence-electron chi connectivity index (χ2n) is 3.04. The van der Waals surface area contributed by atoms with Crippen LogP contribution in [0.1, 0.15) is 6.42 Å². The predicted octanol–water partition coefficient (Wildman–Crippen LogP) is 2.07. The van der Waals surface area contributed by atoms with Crippen LogP contribution >= 0.6 is 28.1 Å². The van der Waals surface area contributed by atoms with Gasteiger partial charge in [-0.2, -0.15) is 0 Å². The number of rotatable bonds is 4. The van der Waals surface area contributed by atoms with Gasteiger partial charge < -0.3 is 15.8 Å². The first-order chi connectivity index (χ1) is 7.52. The lowest BCUT2D eigenvalue weighted by atomic mass is 10.3. The molecular weight excluding hydrogens is 292 g/mol. The number of ether oxygens (including phenoxy) is 1. The average Bonchev–Trinajstić information content (AvgIpc) is 2.16. The lowest BCUT2D eigenvalue weighted by Crippen LogP contribution is -2.20. The Morgan fingerprint density at radius 2 is 2.31 bits per heavy atom. The molecule has 0 aliphatic rings. The number of methoxy groups -OCH3 is 1. The Morgan fingerprint density at radius 1 is 1.62 bits per heavy atom. The van der Waals surface area contributed by atoms with E-state index in [1.807, 2.05) is 6.07 Å². The van der Waals surface area contributed by atoms with Gasteiger partial charge in [-0.1, -0.05) is 28.1 Å². The molecule has 1 amide bonds. The smallest absolute Gasteiger partial charge is 0.231 e. The summed E-state index contributed by atoms with van der Waals surface area (Å²) in [5.74, 6) is 0.323. The molecule has 4 nitrogen and oxygen atoms in total. The fourth-order valence-corrected chi connectivity index (χ4v) is 1.62. The van der Waals surface area contributed by atoms with Gasteiger partial charge in [0.2, 0.25) is 5.91 Å². The first kappa shape index (κ1) is 12.9. The molecule has 0 spiro atoms. The minimum atomic E-state index is -0.260. The number of nitrogens with two attached hydrogens (primary N) is 1. The van der Waals surface area contributed by atoms with Crippen LogP contribution in [0.3, 0.4) is 0 Å². The molecule has 0 saturated carbocycles. The van der Waals surface area contributed by atoms with E-state index in [4.69, 9.17) is 10.5 Å². The first-order valence-corrected chi connectivity index (χ1v) is 5.64. The van der Waals surface area contributed by atoms with Gasteiger partial charge in [-0.15, -0.1) is 0 Å². The molecule has 1 rings (SSSR count). The summed E-state index contributed by atoms with van der Waals surface area (Å²) >= 11 is 7.96. The van der Waals surface area contributed by atoms with Crippen molar-refractivity contribution < 1.29 is 9.53 Å². The van der Waals surface area contributed by atoms with E-state index in [2.05, 4.69) is 33.5 Å². The van der Waals surface area contributed by atoms with E-state index < -0.39 is 0 Å². The number of nitrogens with one attached hydrogen (secondary N) is 1. The summed E-state index contributed by atoms with van der Waals surface area (Å²) in [6.07, 6.45) is 0.0189. The van der Waals surface area contributed by atoms with E-state index in [1.54, 1.807) is 12.1 Å². The van der Waals surface area contributed by atoms with Gasteiger partial charge in [0.15, 0.2) is 0 Å². The van der Waals surface area contributed by atoms with Crippen molar-refractivity contribution in [2.75, 3.05) is 12.4 Å². The standard InChI is InChI=1S/C10H11BrN2O2S/c1-15-8-3-2-6(11)4-7(8)13-10(14)5-9(12)16/h2-4H,5H2,1H3,(H2,12,16)(H,13,14). The van der Waals surface area contributed by atoms with E-state index in [0.29, 0.717) is 11.4 Å². The third-order valence-electron chi connectivity index (χ3n) is 1.77. The maximum Gasteiger partial charge on any atom is 0.231 e. The molecular formula is C10H11BrN2O2S. The molecule has 1 aromatic rings. The average molecular weight is 303 g/mol. The number of benzene rings is 1. The van der Waals surface area contributed by atoms with Crippen LogP contribution in [0.5, 0.6) is 5.75 Å². The third-order valence-corrected chi connectivity index (χ3v) is 2.41. The molecule has 86 valence electrons. The number of carbonyl (C=O) groups excluding carboxylic acids is 1. The topological polar surface area (TPSA) is 64.3 Å². The third kappa shape index (κ3) is 3.79. The largest absolute Gasteiger partial charge is 0.495 e. The number of carbonyl (C=O) groups is 1. The van der Waals surface area contributed by atoms with Crippen LogP contribution in [-0.2, 0) is 4.79 Å². The summed E-state index contributed by atoms with van der Waals surface area (Å²) in [4.78, 5) is 11.6. The highest BCUT2D eigenvalue weighted by Gasteiger charge is 2.08. The molecule has 0 heterocycles. The second-order valence-corrected chi connectivity index (χ2v) is 4.48. The number of amides is 1. The highest BCUT2D eigenvalue weighted by atomic mass is 79.9. The van der Waals surface area contributed by atoms with Gasteiger partial charge in [-0.05, 0) is 18.2 Å². The lowest BCUT2D eigenvalue weighted by Gasteiger charge is -2.10. The molecule has 3 N–H and O–H groups in total. The first-order valence-electron chi connectivity index (χ1n) is 4.44. The van der Waals surface area contributed by atoms with Gasteiger partial charge >= 0.3 is 0 Å². The van der Waals surface area contributed by atoms with Gasteiger partial charge in [0.25, 0.3) is 0 Å². The fraction of sp³-hybridized carbons (Fsp3) is 0.200. The van der Waals surface area contributed by atoms with Crippen molar-refractivity contribution in [3.63, 3.8) is 0 Å². The van der Waals surface area contributed by atoms with Crippen molar-refractivity contribution in [1.29, 1.82) is 0 Å². The zero-order chi connectivity index (χ0) is 12.1. The van der Waals surface area contributed by atoms with Crippen LogP contribution in [0.25, 0.3) is 0 Å². The quantitative estimate of drug-likeness (QED) is 0.836. The van der Waals surface area contributed by atoms with Crippen LogP contribution < -0.4 is 15.8 Å². The lowest BCUT2D eigenvalue weighted by molar-refractivity contribution is -0.115. The van der Waals surface area contributed by atoms with Crippen LogP contribution in [0.4, 0.5) is 5.69 Å². The van der Waals surface area contributed by atoms with E-state index >= 15 is 0 Å². The van der Waals surface area contributed by atoms with Crippen molar-refractivity contribution in [2.45, 2.75) is 6.42 Å². The van der Waals surface area contributed by atoms with Crippen LogP contribution in [0.15, 0.2) is 22.7 Å². The molecule has 0 aliphatic carbocycles. The van der Waals surface area contributed by atoms with Crippen LogP contribution in [0, 0.1) is 0 Å². The Hall–Kier alpha value is -1.14. The molecule has 0 unspecified atom stereocenters. The van der Waals surface area contributed by atoms with Gasteiger partial charge in [-0.3, -0.25) is 4.79 Å². The SMILES string of the molecule is COc1ccc(Br)cc1NC(=O)CC(N)=S. The molecule has 0 aromatic heterocycles. The maximum atomic E-state index is 11.5. The Balaban J connectivity index is 2.83. The Labute approximate surface area is 107 Å². The van der Waals surface area contributed by atoms with E-state index in [1.165, 1.54) is 7.11 Å². The Kier molecular flexibility index (Phi) is 4.70. The van der Waals surface area contributed by atoms with Crippen molar-refractivity contribution in [2.24, 2.45) is 5.73 Å². The van der Waals surface area contributed by atoms with E-state index in [0.717, 1.165) is 4.47 Å². The minimum absolute atomic E-state index is 0.0189. The zero-order valence-corrected chi connectivity index (χ0v) is 11.0. The molecule has 0 saturated heterocycles. The van der Waals surface area contributed by atoms with Gasteiger partial charge in [0.1, 0.15) is 5.75 Å². The van der Waals surface area contributed by atoms with E-state index in [9.17, 15) is 4.79 Å². The fourth-order valence-electron chi connectivity index (χ4n) is 1.13. The molecule has 0 aliphatic heterocycles. The molecule has 16 heavy (non-hydrogen) atoms. The highest BCUT2D eigenvalue weighted by molar-refractivity contribution is 9.10. The summed E-state index contributed by atoms with van der Waals surface area (Å²) < 4.78 is 5.95. The van der Waals surface area contributed by atoms with Crippen LogP contribution in [0.2, 0.25) is 0 Å². The predicted molar refractivity (Wildman–Crippen MR) is 70.7 cm³/mol. The number of hydrogen-bond donors (Lipinski definition) is 2. The monoisotopic (exact) mass is 302 g/mol. The number of halogens is 1. The molecule has 0 radical (unpaired) electrons. The van der Waals surface area contributed by atoms with E-state index in [-0.39, 0.29) is 17.3 Å². The summed E-state index contributed by atoms with van der Waals surface area (Å²) in [7, 11) is 1.53. The minimum Gasteiger partial charge on any atom is -0.495 e. The summed E-state index contributed by atoms with van der Waals surface area (Å²) in [6, 6.07) is 5.32. The number of anilines is 1. The van der Waals surface area contributed by atoms with Crippen molar-refractivity contribution in [3.8, 4) is 5.75 Å². The molecule has 0 atom stereocenters. The number of hydrogen-bond acceptors (Lipinski definition) is 3. The molecule has 1 aromatic carbocycles. The van der Waals surface area contributed by atoms with Crippen molar-refractivity contribution in [3.05, 3.63) is 22.7 Å². The van der Waals surface area contributed by atoms with Crippen LogP contribution in [-0.4, -0.2) is 18.0 Å². The summed E-state index contributed by atoms with van der Waals surface area (Å²) in [5.41, 5.74) is 5.86. The Bertz CT molecular complexity index is 423. The number of thiocarbonyl (C=S) groups is 1. The van der Waals surface area contributed by atoms with Gasteiger partial charge in [0, 0.05) is 4.47 Å². The summed E-state index contributed by atoms with van der Waals surface area (Å²) in [5, 5.41) is 2.67. The highest BCUT2D eigenvalue weighted by Crippen LogP contribution is 2.27. The van der Waals surface area contributed by atoms with Crippen molar-refractivity contribution >= 4 is 44.7 Å². The molecule has 0 bridgehead atoms. The zero-order valence-electron chi connectivity index (χ0n) is 8.62.